The van der Waals surface area contributed by atoms with Gasteiger partial charge in [0.2, 0.25) is 0 Å². The number of rotatable bonds is 11. The van der Waals surface area contributed by atoms with Gasteiger partial charge in [0.1, 0.15) is 18.1 Å². The van der Waals surface area contributed by atoms with Crippen molar-refractivity contribution in [2.45, 2.75) is 144 Å². The summed E-state index contributed by atoms with van der Waals surface area (Å²) in [4.78, 5) is 46.4. The van der Waals surface area contributed by atoms with E-state index in [0.717, 1.165) is 41.5 Å². The number of hydrogen-bond acceptors (Lipinski definition) is 12. The van der Waals surface area contributed by atoms with Crippen LogP contribution in [0.15, 0.2) is 148 Å². The van der Waals surface area contributed by atoms with Gasteiger partial charge in [-0.2, -0.15) is 0 Å². The number of aryl methyl sites for hydroxylation is 1. The second-order valence-electron chi connectivity index (χ2n) is 26.0. The molecule has 8 aliphatic rings. The first-order chi connectivity index (χ1) is 43.0. The van der Waals surface area contributed by atoms with Crippen molar-refractivity contribution >= 4 is 35.1 Å². The molecular weight excluding hydrogens is 1100 g/mol. The van der Waals surface area contributed by atoms with E-state index >= 15 is 9.59 Å². The van der Waals surface area contributed by atoms with E-state index in [-0.39, 0.29) is 113 Å². The van der Waals surface area contributed by atoms with Crippen LogP contribution >= 0.6 is 0 Å². The molecule has 0 spiro atoms. The SMILES string of the molecule is C/C(CO)=C1\CCc2ccc3c(c2)CC#CC[C@@]2([C@@H]4C[C@@H]5C=Cc6ccccc6[C@@H]5C4)Oc4ccc5c(CO)c([C@H](CCO)COCO)c(=O)oc5c4[C@@H](OC(=O)C[C@@H]4C[C@@H](c5cccc([C@]67CCCC[C@@H]6C=Cc6ccccc67)c5)C=C[C@@H]34)[C@@H]2OC1=O. The Morgan fingerprint density at radius 1 is 0.807 bits per heavy atom. The van der Waals surface area contributed by atoms with Crippen LogP contribution in [0, 0.1) is 35.5 Å². The molecule has 12 heteroatoms. The Hall–Kier alpha value is -7.63. The number of esters is 2. The van der Waals surface area contributed by atoms with Crippen molar-refractivity contribution in [3.05, 3.63) is 216 Å². The molecule has 4 N–H and O–H groups in total. The molecule has 12 nitrogen and oxygen atoms in total. The van der Waals surface area contributed by atoms with Gasteiger partial charge < -0.3 is 43.8 Å². The van der Waals surface area contributed by atoms with Gasteiger partial charge in [0.25, 0.3) is 0 Å². The standard InChI is InChI=1S/C76H76O12/c1-45(41-78)58-26-19-46-20-27-60-51(35-46)13-6-9-33-76(57-38-52-22-21-47-11-2-4-17-59(47)63(52)40-57)72(87-73(58)82)71(69-66(88-76)30-29-62-64(42-79)68(74(83)86-70(62)69)53(31-34-77)43-84-44-80)85-67(81)39-54-36-50(24-28-61(54)60)49-14-10-16-56(37-49)75-32-8-7-15-55(75)25-23-48-12-3-5-18-65(48)75/h2-5,10-12,14,16-18,20-25,27-30,35,37,50,52-55,57,61,63,71-72,77-80H,7-8,13,15,19,26,31-34,36,38-44H2,1H3/b58-45-/t50-,52-,53+,54-,55+,57+,61+,63+,71+,72-,75-,76-/m0/s1. The van der Waals surface area contributed by atoms with Gasteiger partial charge in [-0.25, -0.2) is 9.59 Å². The maximum Gasteiger partial charge on any atom is 0.340 e. The molecule has 88 heavy (non-hydrogen) atoms. The lowest BCUT2D eigenvalue weighted by atomic mass is 9.56. The predicted octanol–water partition coefficient (Wildman–Crippen LogP) is 12.4. The first kappa shape index (κ1) is 58.1. The number of benzene rings is 5. The van der Waals surface area contributed by atoms with E-state index in [0.29, 0.717) is 49.0 Å². The Morgan fingerprint density at radius 2 is 1.66 bits per heavy atom. The third-order valence-electron chi connectivity index (χ3n) is 21.5. The Kier molecular flexibility index (Phi) is 15.9. The zero-order valence-corrected chi connectivity index (χ0v) is 49.8. The molecule has 14 rings (SSSR count). The summed E-state index contributed by atoms with van der Waals surface area (Å²) in [6.07, 6.45) is 18.6. The average molecular weight is 1180 g/mol. The van der Waals surface area contributed by atoms with Crippen LogP contribution in [-0.2, 0) is 48.7 Å². The number of aliphatic hydroxyl groups excluding tert-OH is 4. The van der Waals surface area contributed by atoms with Gasteiger partial charge in [-0.1, -0.05) is 152 Å². The molecule has 5 aromatic carbocycles. The van der Waals surface area contributed by atoms with Crippen molar-refractivity contribution < 1.29 is 53.4 Å². The Balaban J connectivity index is 0.950. The zero-order valence-electron chi connectivity index (χ0n) is 49.8. The first-order valence-corrected chi connectivity index (χ1v) is 31.9. The molecule has 0 amide bonds. The second kappa shape index (κ2) is 24.1. The molecule has 12 atom stereocenters. The molecular formula is C76H76O12. The highest BCUT2D eigenvalue weighted by Gasteiger charge is 2.62. The highest BCUT2D eigenvalue weighted by molar-refractivity contribution is 5.91. The highest BCUT2D eigenvalue weighted by Crippen LogP contribution is 2.59. The minimum atomic E-state index is -1.48. The van der Waals surface area contributed by atoms with Gasteiger partial charge in [-0.3, -0.25) is 4.79 Å². The maximum absolute atomic E-state index is 16.0. The van der Waals surface area contributed by atoms with E-state index in [1.54, 1.807) is 19.1 Å². The fraction of sp³-hybridized carbons (Fsp3) is 0.408. The molecule has 4 heterocycles. The minimum absolute atomic E-state index is 0.0206. The number of carbonyl (C=O) groups excluding carboxylic acids is 2. The molecule has 6 aromatic rings. The summed E-state index contributed by atoms with van der Waals surface area (Å²) in [6.45, 7) is -0.397. The molecule has 5 aliphatic carbocycles. The van der Waals surface area contributed by atoms with Crippen LogP contribution in [-0.4, -0.2) is 70.7 Å². The van der Waals surface area contributed by atoms with Crippen LogP contribution < -0.4 is 10.4 Å². The monoisotopic (exact) mass is 1180 g/mol. The molecule has 3 aliphatic heterocycles. The van der Waals surface area contributed by atoms with E-state index in [9.17, 15) is 25.2 Å². The van der Waals surface area contributed by atoms with Gasteiger partial charge in [-0.05, 0) is 155 Å². The van der Waals surface area contributed by atoms with Gasteiger partial charge in [0.15, 0.2) is 17.8 Å². The number of ether oxygens (including phenoxy) is 4. The summed E-state index contributed by atoms with van der Waals surface area (Å²) in [5.74, 6) is 5.13. The van der Waals surface area contributed by atoms with Gasteiger partial charge in [0, 0.05) is 65.1 Å². The predicted molar refractivity (Wildman–Crippen MR) is 335 cm³/mol. The summed E-state index contributed by atoms with van der Waals surface area (Å²) >= 11 is 0. The lowest BCUT2D eigenvalue weighted by Crippen LogP contribution is -2.60. The summed E-state index contributed by atoms with van der Waals surface area (Å²) in [6, 6.07) is 36.4. The van der Waals surface area contributed by atoms with Gasteiger partial charge >= 0.3 is 17.6 Å². The number of carbonyl (C=O) groups is 2. The largest absolute Gasteiger partial charge is 0.481 e. The topological polar surface area (TPSA) is 182 Å². The van der Waals surface area contributed by atoms with E-state index in [2.05, 4.69) is 133 Å². The number of aliphatic hydroxyl groups is 4. The van der Waals surface area contributed by atoms with Crippen molar-refractivity contribution in [3.63, 3.8) is 0 Å². The summed E-state index contributed by atoms with van der Waals surface area (Å²) in [5.41, 5.74) is 9.32. The zero-order chi connectivity index (χ0) is 60.3. The van der Waals surface area contributed by atoms with Crippen LogP contribution in [0.25, 0.3) is 23.1 Å². The normalized spacial score (nSPS) is 29.3. The van der Waals surface area contributed by atoms with Crippen LogP contribution in [0.4, 0.5) is 0 Å². The van der Waals surface area contributed by atoms with E-state index < -0.39 is 61.3 Å². The lowest BCUT2D eigenvalue weighted by molar-refractivity contribution is -0.202. The van der Waals surface area contributed by atoms with Crippen molar-refractivity contribution in [2.24, 2.45) is 23.7 Å². The molecule has 5 bridgehead atoms. The van der Waals surface area contributed by atoms with E-state index in [1.807, 2.05) is 6.07 Å². The van der Waals surface area contributed by atoms with E-state index in [1.165, 1.54) is 34.2 Å². The molecule has 1 aromatic heterocycles. The maximum atomic E-state index is 16.0. The molecule has 452 valence electrons. The molecule has 2 fully saturated rings. The average Bonchev–Trinajstić information content (AvgIpc) is 1.01. The van der Waals surface area contributed by atoms with Crippen molar-refractivity contribution in [3.8, 4) is 17.6 Å². The van der Waals surface area contributed by atoms with Crippen molar-refractivity contribution in [1.82, 2.24) is 0 Å². The Morgan fingerprint density at radius 3 is 2.51 bits per heavy atom. The lowest BCUT2D eigenvalue weighted by Gasteiger charge is -2.49. The third-order valence-corrected chi connectivity index (χ3v) is 21.5. The number of fused-ring (bicyclic) bond motifs is 15. The minimum Gasteiger partial charge on any atom is -0.481 e. The molecule has 0 radical (unpaired) electrons. The molecule has 0 unspecified atom stereocenters. The third kappa shape index (κ3) is 10.0. The van der Waals surface area contributed by atoms with Crippen LogP contribution in [0.3, 0.4) is 0 Å². The van der Waals surface area contributed by atoms with E-state index in [4.69, 9.17) is 23.4 Å². The quantitative estimate of drug-likeness (QED) is 0.0241. The van der Waals surface area contributed by atoms with Crippen molar-refractivity contribution in [2.75, 3.05) is 26.6 Å². The fourth-order valence-electron chi connectivity index (χ4n) is 17.3. The van der Waals surface area contributed by atoms with Crippen LogP contribution in [0.1, 0.15) is 174 Å². The van der Waals surface area contributed by atoms with Crippen LogP contribution in [0.2, 0.25) is 0 Å². The fourth-order valence-corrected chi connectivity index (χ4v) is 17.3. The van der Waals surface area contributed by atoms with Gasteiger partial charge in [0.05, 0.1) is 31.8 Å². The smallest absolute Gasteiger partial charge is 0.340 e. The van der Waals surface area contributed by atoms with Crippen molar-refractivity contribution in [1.29, 1.82) is 0 Å². The second-order valence-corrected chi connectivity index (χ2v) is 26.0. The summed E-state index contributed by atoms with van der Waals surface area (Å²) in [5, 5.41) is 42.4. The van der Waals surface area contributed by atoms with Crippen LogP contribution in [0.5, 0.6) is 5.75 Å². The summed E-state index contributed by atoms with van der Waals surface area (Å²) < 4.78 is 33.8. The number of allylic oxidation sites excluding steroid dienone is 4. The summed E-state index contributed by atoms with van der Waals surface area (Å²) in [7, 11) is 0. The molecule has 0 saturated heterocycles. The molecule has 2 saturated carbocycles. The Bertz CT molecular complexity index is 3980. The Labute approximate surface area is 513 Å². The number of hydrogen-bond donors (Lipinski definition) is 4. The highest BCUT2D eigenvalue weighted by atomic mass is 16.6. The first-order valence-electron chi connectivity index (χ1n) is 31.9. The van der Waals surface area contributed by atoms with Gasteiger partial charge in [-0.15, -0.1) is 0 Å².